The number of sulfonamides is 1. The van der Waals surface area contributed by atoms with Crippen molar-refractivity contribution in [1.29, 1.82) is 0 Å². The van der Waals surface area contributed by atoms with Crippen LogP contribution >= 0.6 is 0 Å². The number of hydrogen-bond donors (Lipinski definition) is 4. The van der Waals surface area contributed by atoms with E-state index in [-0.39, 0.29) is 29.4 Å². The lowest BCUT2D eigenvalue weighted by Gasteiger charge is -2.27. The molecule has 12 heteroatoms. The number of rotatable bonds is 16. The topological polar surface area (TPSA) is 146 Å². The molecule has 0 fully saturated rings. The highest BCUT2D eigenvalue weighted by molar-refractivity contribution is 7.92. The van der Waals surface area contributed by atoms with Crippen molar-refractivity contribution >= 4 is 27.5 Å². The summed E-state index contributed by atoms with van der Waals surface area (Å²) in [6.45, 7) is 3.95. The Morgan fingerprint density at radius 1 is 0.760 bits per heavy atom. The third-order valence-electron chi connectivity index (χ3n) is 8.57. The maximum atomic E-state index is 13.9. The molecule has 4 aromatic rings. The van der Waals surface area contributed by atoms with Crippen molar-refractivity contribution in [3.8, 4) is 11.5 Å². The molecule has 4 rings (SSSR count). The number of carbonyl (C=O) groups excluding carboxylic acids is 2. The van der Waals surface area contributed by atoms with E-state index in [1.54, 1.807) is 26.4 Å². The summed E-state index contributed by atoms with van der Waals surface area (Å²) in [5, 5.41) is 20.7. The first-order valence-electron chi connectivity index (χ1n) is 16.2. The predicted octanol–water partition coefficient (Wildman–Crippen LogP) is 4.64. The van der Waals surface area contributed by atoms with Crippen LogP contribution in [0.5, 0.6) is 11.5 Å². The number of aliphatic hydroxyl groups is 1. The second-order valence-corrected chi connectivity index (χ2v) is 14.2. The van der Waals surface area contributed by atoms with Crippen LogP contribution in [0.3, 0.4) is 0 Å². The molecule has 0 saturated carbocycles. The van der Waals surface area contributed by atoms with Crippen LogP contribution in [0, 0.1) is 0 Å². The third kappa shape index (κ3) is 10.3. The van der Waals surface area contributed by atoms with Crippen molar-refractivity contribution in [2.45, 2.75) is 44.5 Å². The van der Waals surface area contributed by atoms with Gasteiger partial charge in [-0.15, -0.1) is 0 Å². The van der Waals surface area contributed by atoms with E-state index < -0.39 is 40.0 Å². The second-order valence-electron chi connectivity index (χ2n) is 12.2. The Morgan fingerprint density at radius 2 is 1.38 bits per heavy atom. The molecule has 11 nitrogen and oxygen atoms in total. The summed E-state index contributed by atoms with van der Waals surface area (Å²) >= 11 is 0. The molecule has 0 bridgehead atoms. The van der Waals surface area contributed by atoms with Gasteiger partial charge in [0.15, 0.2) is 0 Å². The molecule has 2 amide bonds. The van der Waals surface area contributed by atoms with Crippen LogP contribution in [-0.2, 0) is 16.4 Å². The van der Waals surface area contributed by atoms with E-state index in [0.29, 0.717) is 12.2 Å². The highest BCUT2D eigenvalue weighted by atomic mass is 32.2. The van der Waals surface area contributed by atoms with Gasteiger partial charge in [0.1, 0.15) is 11.5 Å². The molecular formula is C38H46N4O7S. The monoisotopic (exact) mass is 702 g/mol. The fourth-order valence-electron chi connectivity index (χ4n) is 5.37. The molecule has 4 N–H and O–H groups in total. The van der Waals surface area contributed by atoms with Gasteiger partial charge in [0, 0.05) is 30.8 Å². The first kappa shape index (κ1) is 37.9. The number of hydrogen-bond acceptors (Lipinski definition) is 8. The van der Waals surface area contributed by atoms with Gasteiger partial charge in [0.05, 0.1) is 44.4 Å². The maximum Gasteiger partial charge on any atom is 0.251 e. The molecule has 0 radical (unpaired) electrons. The lowest BCUT2D eigenvalue weighted by atomic mass is 9.99. The molecule has 0 unspecified atom stereocenters. The van der Waals surface area contributed by atoms with E-state index in [2.05, 4.69) is 16.0 Å². The average molecular weight is 703 g/mol. The van der Waals surface area contributed by atoms with E-state index in [1.807, 2.05) is 80.6 Å². The summed E-state index contributed by atoms with van der Waals surface area (Å²) in [7, 11) is 0.793. The predicted molar refractivity (Wildman–Crippen MR) is 195 cm³/mol. The van der Waals surface area contributed by atoms with Crippen molar-refractivity contribution in [2.75, 3.05) is 38.4 Å². The molecule has 4 aromatic carbocycles. The van der Waals surface area contributed by atoms with Gasteiger partial charge in [0.25, 0.3) is 11.8 Å². The van der Waals surface area contributed by atoms with Crippen LogP contribution < -0.4 is 29.7 Å². The van der Waals surface area contributed by atoms with Crippen molar-refractivity contribution in [3.05, 3.63) is 125 Å². The Kier molecular flexibility index (Phi) is 13.0. The SMILES string of the molecule is COc1ccc([C@@H](C)NC(=O)c2cc(C(=O)N[C@@H](Cc3ccccc3)[C@H](O)CN[C@H](C)c3cccc(OC)c3)cc(N(C)S(C)(=O)=O)c2)cc1. The quantitative estimate of drug-likeness (QED) is 0.132. The third-order valence-corrected chi connectivity index (χ3v) is 9.78. The number of carbonyl (C=O) groups is 2. The zero-order chi connectivity index (χ0) is 36.4. The number of benzene rings is 4. The van der Waals surface area contributed by atoms with Crippen molar-refractivity contribution < 1.29 is 32.6 Å². The zero-order valence-electron chi connectivity index (χ0n) is 29.2. The molecule has 0 aliphatic rings. The van der Waals surface area contributed by atoms with Gasteiger partial charge in [-0.2, -0.15) is 0 Å². The van der Waals surface area contributed by atoms with Gasteiger partial charge < -0.3 is 30.5 Å². The number of aliphatic hydroxyl groups excluding tert-OH is 1. The normalized spacial score (nSPS) is 13.7. The van der Waals surface area contributed by atoms with Gasteiger partial charge in [-0.25, -0.2) is 8.42 Å². The minimum atomic E-state index is -3.73. The molecule has 266 valence electrons. The highest BCUT2D eigenvalue weighted by Gasteiger charge is 2.25. The molecular weight excluding hydrogens is 657 g/mol. The summed E-state index contributed by atoms with van der Waals surface area (Å²) < 4.78 is 36.6. The van der Waals surface area contributed by atoms with E-state index in [9.17, 15) is 23.1 Å². The zero-order valence-corrected chi connectivity index (χ0v) is 30.0. The fourth-order valence-corrected chi connectivity index (χ4v) is 5.86. The lowest BCUT2D eigenvalue weighted by molar-refractivity contribution is 0.0825. The molecule has 0 aliphatic heterocycles. The molecule has 0 aliphatic carbocycles. The molecule has 0 spiro atoms. The van der Waals surface area contributed by atoms with E-state index in [1.165, 1.54) is 25.2 Å². The number of nitrogens with one attached hydrogen (secondary N) is 3. The summed E-state index contributed by atoms with van der Waals surface area (Å²) in [6, 6.07) is 27.3. The van der Waals surface area contributed by atoms with E-state index >= 15 is 0 Å². The molecule has 0 aromatic heterocycles. The van der Waals surface area contributed by atoms with E-state index in [4.69, 9.17) is 9.47 Å². The smallest absolute Gasteiger partial charge is 0.251 e. The van der Waals surface area contributed by atoms with Crippen molar-refractivity contribution in [2.24, 2.45) is 0 Å². The summed E-state index contributed by atoms with van der Waals surface area (Å²) in [6.07, 6.45) is 0.345. The van der Waals surface area contributed by atoms with Crippen LogP contribution in [0.25, 0.3) is 0 Å². The minimum Gasteiger partial charge on any atom is -0.497 e. The van der Waals surface area contributed by atoms with Gasteiger partial charge in [-0.05, 0) is 79.4 Å². The van der Waals surface area contributed by atoms with Gasteiger partial charge in [0.2, 0.25) is 10.0 Å². The maximum absolute atomic E-state index is 13.9. The number of anilines is 1. The van der Waals surface area contributed by atoms with Gasteiger partial charge >= 0.3 is 0 Å². The number of amides is 2. The van der Waals surface area contributed by atoms with Crippen molar-refractivity contribution in [1.82, 2.24) is 16.0 Å². The van der Waals surface area contributed by atoms with Crippen molar-refractivity contribution in [3.63, 3.8) is 0 Å². The molecule has 4 atom stereocenters. The van der Waals surface area contributed by atoms with E-state index in [0.717, 1.165) is 33.0 Å². The minimum absolute atomic E-state index is 0.0585. The van der Waals surface area contributed by atoms with Crippen LogP contribution in [0.4, 0.5) is 5.69 Å². The Bertz CT molecular complexity index is 1850. The fraction of sp³-hybridized carbons (Fsp3) is 0.316. The van der Waals surface area contributed by atoms with Gasteiger partial charge in [-0.3, -0.25) is 13.9 Å². The average Bonchev–Trinajstić information content (AvgIpc) is 3.12. The number of nitrogens with zero attached hydrogens (tertiary/aromatic N) is 1. The summed E-state index contributed by atoms with van der Waals surface area (Å²) in [5.74, 6) is 0.324. The van der Waals surface area contributed by atoms with Crippen LogP contribution in [0.15, 0.2) is 97.1 Å². The lowest BCUT2D eigenvalue weighted by Crippen LogP contribution is -2.49. The van der Waals surface area contributed by atoms with Gasteiger partial charge in [-0.1, -0.05) is 54.6 Å². The van der Waals surface area contributed by atoms with Crippen LogP contribution in [0.1, 0.15) is 63.3 Å². The first-order valence-corrected chi connectivity index (χ1v) is 18.1. The Balaban J connectivity index is 1.59. The summed E-state index contributed by atoms with van der Waals surface area (Å²) in [4.78, 5) is 27.5. The standard InChI is InChI=1S/C38H46N4O7S/c1-25(29-13-10-14-34(23-29)49-5)39-24-36(43)35(19-27-11-8-7-9-12-27)41-38(45)31-20-30(21-32(22-31)42(3)50(6,46)47)37(44)40-26(2)28-15-17-33(48-4)18-16-28/h7-18,20-23,25-26,35-36,39,43H,19,24H2,1-6H3,(H,40,44)(H,41,45)/t25-,26-,35+,36-/m1/s1. The van der Waals surface area contributed by atoms with Crippen LogP contribution in [0.2, 0.25) is 0 Å². The number of ether oxygens (including phenoxy) is 2. The molecule has 50 heavy (non-hydrogen) atoms. The Hall–Kier alpha value is -4.91. The highest BCUT2D eigenvalue weighted by Crippen LogP contribution is 2.24. The Morgan fingerprint density at radius 3 is 1.98 bits per heavy atom. The molecule has 0 heterocycles. The molecule has 0 saturated heterocycles. The number of methoxy groups -OCH3 is 2. The largest absolute Gasteiger partial charge is 0.497 e. The Labute approximate surface area is 294 Å². The second kappa shape index (κ2) is 17.1. The first-order chi connectivity index (χ1) is 23.8. The summed E-state index contributed by atoms with van der Waals surface area (Å²) in [5.41, 5.74) is 2.99. The van der Waals surface area contributed by atoms with Crippen LogP contribution in [-0.4, -0.2) is 71.6 Å².